The van der Waals surface area contributed by atoms with Crippen molar-refractivity contribution in [1.82, 2.24) is 4.90 Å². The molecule has 2 aliphatic rings. The standard InChI is InChI=1S/C24H32N2O2S/c1-23(2,18-9-6-5-7-10-18)13-14-26-16-21-22(17-26)24(21,3)19-11-8-12-20(15-19)25-29(4,27)28/h5-12,15,21-22,25H,13-14,16-17H2,1-4H3. The SMILES string of the molecule is CC(C)(CCN1CC2C(C1)C2(C)c1cccc(NS(C)(=O)=O)c1)c1ccccc1. The summed E-state index contributed by atoms with van der Waals surface area (Å²) in [5.74, 6) is 1.33. The molecule has 0 bridgehead atoms. The predicted molar refractivity (Wildman–Crippen MR) is 120 cm³/mol. The van der Waals surface area contributed by atoms with Crippen LogP contribution in [0.4, 0.5) is 5.69 Å². The quantitative estimate of drug-likeness (QED) is 0.740. The summed E-state index contributed by atoms with van der Waals surface area (Å²) in [5.41, 5.74) is 3.68. The van der Waals surface area contributed by atoms with E-state index in [-0.39, 0.29) is 10.8 Å². The summed E-state index contributed by atoms with van der Waals surface area (Å²) < 4.78 is 25.7. The lowest BCUT2D eigenvalue weighted by atomic mass is 9.81. The van der Waals surface area contributed by atoms with Gasteiger partial charge in [-0.15, -0.1) is 0 Å². The van der Waals surface area contributed by atoms with Gasteiger partial charge in [-0.3, -0.25) is 4.72 Å². The number of piperidine rings is 1. The van der Waals surface area contributed by atoms with Crippen molar-refractivity contribution in [2.45, 2.75) is 38.0 Å². The molecule has 2 unspecified atom stereocenters. The zero-order valence-electron chi connectivity index (χ0n) is 17.9. The average molecular weight is 413 g/mol. The number of nitrogens with one attached hydrogen (secondary N) is 1. The van der Waals surface area contributed by atoms with Crippen LogP contribution in [-0.2, 0) is 20.9 Å². The molecule has 29 heavy (non-hydrogen) atoms. The van der Waals surface area contributed by atoms with Crippen molar-refractivity contribution in [2.24, 2.45) is 11.8 Å². The van der Waals surface area contributed by atoms with Crippen molar-refractivity contribution in [3.63, 3.8) is 0 Å². The van der Waals surface area contributed by atoms with Crippen molar-refractivity contribution < 1.29 is 8.42 Å². The van der Waals surface area contributed by atoms with E-state index in [0.29, 0.717) is 17.5 Å². The van der Waals surface area contributed by atoms with E-state index in [9.17, 15) is 8.42 Å². The van der Waals surface area contributed by atoms with Gasteiger partial charge in [-0.2, -0.15) is 0 Å². The highest BCUT2D eigenvalue weighted by Crippen LogP contribution is 2.63. The minimum absolute atomic E-state index is 0.167. The Morgan fingerprint density at radius 3 is 2.34 bits per heavy atom. The minimum atomic E-state index is -3.25. The van der Waals surface area contributed by atoms with Gasteiger partial charge in [0.15, 0.2) is 0 Å². The van der Waals surface area contributed by atoms with Crippen LogP contribution in [0.2, 0.25) is 0 Å². The zero-order valence-corrected chi connectivity index (χ0v) is 18.7. The second-order valence-corrected chi connectivity index (χ2v) is 11.5. The van der Waals surface area contributed by atoms with E-state index in [4.69, 9.17) is 0 Å². The highest BCUT2D eigenvalue weighted by atomic mass is 32.2. The van der Waals surface area contributed by atoms with Gasteiger partial charge in [-0.25, -0.2) is 8.42 Å². The van der Waals surface area contributed by atoms with Crippen LogP contribution in [0.5, 0.6) is 0 Å². The number of hydrogen-bond acceptors (Lipinski definition) is 3. The van der Waals surface area contributed by atoms with Gasteiger partial charge in [0.1, 0.15) is 0 Å². The van der Waals surface area contributed by atoms with Gasteiger partial charge in [0, 0.05) is 24.2 Å². The molecule has 0 amide bonds. The lowest BCUT2D eigenvalue weighted by Gasteiger charge is -2.30. The Bertz CT molecular complexity index is 973. The van der Waals surface area contributed by atoms with Crippen LogP contribution in [0.15, 0.2) is 54.6 Å². The van der Waals surface area contributed by atoms with E-state index in [2.05, 4.69) is 66.8 Å². The van der Waals surface area contributed by atoms with Gasteiger partial charge in [0.2, 0.25) is 10.0 Å². The Balaban J connectivity index is 1.37. The Morgan fingerprint density at radius 1 is 1.07 bits per heavy atom. The van der Waals surface area contributed by atoms with Gasteiger partial charge in [0.25, 0.3) is 0 Å². The molecule has 0 spiro atoms. The Kier molecular flexibility index (Phi) is 5.02. The molecule has 1 saturated heterocycles. The van der Waals surface area contributed by atoms with Gasteiger partial charge in [0.05, 0.1) is 6.26 Å². The molecule has 0 radical (unpaired) electrons. The summed E-state index contributed by atoms with van der Waals surface area (Å²) in [6.45, 7) is 10.4. The number of nitrogens with zero attached hydrogens (tertiary/aromatic N) is 1. The smallest absolute Gasteiger partial charge is 0.229 e. The number of sulfonamides is 1. The molecule has 1 N–H and O–H groups in total. The van der Waals surface area contributed by atoms with E-state index in [0.717, 1.165) is 26.1 Å². The Hall–Kier alpha value is -1.85. The topological polar surface area (TPSA) is 49.4 Å². The highest BCUT2D eigenvalue weighted by Gasteiger charge is 2.65. The van der Waals surface area contributed by atoms with Gasteiger partial charge >= 0.3 is 0 Å². The fraction of sp³-hybridized carbons (Fsp3) is 0.500. The van der Waals surface area contributed by atoms with Crippen molar-refractivity contribution in [3.05, 3.63) is 65.7 Å². The van der Waals surface area contributed by atoms with Gasteiger partial charge in [-0.05, 0) is 53.5 Å². The van der Waals surface area contributed by atoms with E-state index in [1.807, 2.05) is 18.2 Å². The summed E-state index contributed by atoms with van der Waals surface area (Å²) in [5, 5.41) is 0. The van der Waals surface area contributed by atoms with E-state index in [1.165, 1.54) is 17.4 Å². The molecule has 5 heteroatoms. The van der Waals surface area contributed by atoms with Crippen LogP contribution in [0.1, 0.15) is 38.3 Å². The van der Waals surface area contributed by atoms with E-state index in [1.54, 1.807) is 0 Å². The van der Waals surface area contributed by atoms with Gasteiger partial charge < -0.3 is 4.90 Å². The fourth-order valence-corrected chi connectivity index (χ4v) is 5.73. The summed E-state index contributed by atoms with van der Waals surface area (Å²) >= 11 is 0. The van der Waals surface area contributed by atoms with Crippen molar-refractivity contribution in [3.8, 4) is 0 Å². The maximum absolute atomic E-state index is 11.6. The lowest BCUT2D eigenvalue weighted by Crippen LogP contribution is -2.33. The van der Waals surface area contributed by atoms with Crippen molar-refractivity contribution >= 4 is 15.7 Å². The molecule has 2 aromatic carbocycles. The second kappa shape index (κ2) is 7.13. The van der Waals surface area contributed by atoms with E-state index >= 15 is 0 Å². The predicted octanol–water partition coefficient (Wildman–Crippen LogP) is 4.25. The molecule has 1 aliphatic heterocycles. The first kappa shape index (κ1) is 20.4. The Labute approximate surface area is 175 Å². The maximum atomic E-state index is 11.6. The first-order valence-corrected chi connectivity index (χ1v) is 12.3. The molecular formula is C24H32N2O2S. The molecule has 0 aromatic heterocycles. The number of fused-ring (bicyclic) bond motifs is 1. The van der Waals surface area contributed by atoms with Crippen molar-refractivity contribution in [1.29, 1.82) is 0 Å². The van der Waals surface area contributed by atoms with Crippen LogP contribution < -0.4 is 4.72 Å². The monoisotopic (exact) mass is 412 g/mol. The highest BCUT2D eigenvalue weighted by molar-refractivity contribution is 7.92. The minimum Gasteiger partial charge on any atom is -0.303 e. The number of hydrogen-bond donors (Lipinski definition) is 1. The summed E-state index contributed by atoms with van der Waals surface area (Å²) in [7, 11) is -3.25. The summed E-state index contributed by atoms with van der Waals surface area (Å²) in [4.78, 5) is 2.61. The fourth-order valence-electron chi connectivity index (χ4n) is 5.18. The zero-order chi connectivity index (χ0) is 20.9. The number of anilines is 1. The summed E-state index contributed by atoms with van der Waals surface area (Å²) in [6, 6.07) is 18.7. The molecule has 1 saturated carbocycles. The largest absolute Gasteiger partial charge is 0.303 e. The van der Waals surface area contributed by atoms with Crippen LogP contribution in [0.25, 0.3) is 0 Å². The van der Waals surface area contributed by atoms with Crippen molar-refractivity contribution in [2.75, 3.05) is 30.6 Å². The number of likely N-dealkylation sites (tertiary alicyclic amines) is 1. The molecule has 4 nitrogen and oxygen atoms in total. The first-order chi connectivity index (χ1) is 13.6. The molecule has 2 aromatic rings. The first-order valence-electron chi connectivity index (χ1n) is 10.5. The molecule has 156 valence electrons. The lowest BCUT2D eigenvalue weighted by molar-refractivity contribution is 0.252. The van der Waals surface area contributed by atoms with Crippen LogP contribution in [0, 0.1) is 11.8 Å². The molecule has 1 aliphatic carbocycles. The Morgan fingerprint density at radius 2 is 1.72 bits per heavy atom. The molecule has 1 heterocycles. The molecule has 2 fully saturated rings. The number of rotatable bonds is 7. The summed E-state index contributed by atoms with van der Waals surface area (Å²) in [6.07, 6.45) is 2.35. The molecular weight excluding hydrogens is 380 g/mol. The van der Waals surface area contributed by atoms with Crippen LogP contribution in [0.3, 0.4) is 0 Å². The van der Waals surface area contributed by atoms with E-state index < -0.39 is 10.0 Å². The second-order valence-electron chi connectivity index (χ2n) is 9.71. The molecule has 4 rings (SSSR count). The molecule has 2 atom stereocenters. The third kappa shape index (κ3) is 4.08. The van der Waals surface area contributed by atoms with Crippen LogP contribution in [-0.4, -0.2) is 39.2 Å². The normalized spacial score (nSPS) is 26.9. The third-order valence-electron chi connectivity index (χ3n) is 7.22. The maximum Gasteiger partial charge on any atom is 0.229 e. The number of benzene rings is 2. The van der Waals surface area contributed by atoms with Gasteiger partial charge in [-0.1, -0.05) is 63.2 Å². The average Bonchev–Trinajstić information content (AvgIpc) is 3.02. The van der Waals surface area contributed by atoms with Crippen LogP contribution >= 0.6 is 0 Å². The third-order valence-corrected chi connectivity index (χ3v) is 7.83.